The molecule has 0 aromatic heterocycles. The van der Waals surface area contributed by atoms with Gasteiger partial charge in [0.25, 0.3) is 0 Å². The lowest BCUT2D eigenvalue weighted by molar-refractivity contribution is -0.114. The first-order chi connectivity index (χ1) is 4.25. The van der Waals surface area contributed by atoms with Gasteiger partial charge in [0.05, 0.1) is 5.70 Å². The van der Waals surface area contributed by atoms with Gasteiger partial charge in [-0.15, -0.1) is 15.1 Å². The Kier molecular flexibility index (Phi) is 1.18. The minimum atomic E-state index is -0.650. The van der Waals surface area contributed by atoms with E-state index < -0.39 is 5.91 Å². The molecule has 0 radical (unpaired) electrons. The zero-order valence-corrected chi connectivity index (χ0v) is 4.66. The van der Waals surface area contributed by atoms with Gasteiger partial charge in [-0.25, -0.2) is 0 Å². The van der Waals surface area contributed by atoms with Gasteiger partial charge in [0.15, 0.2) is 5.70 Å². The van der Waals surface area contributed by atoms with Crippen molar-refractivity contribution in [2.45, 2.75) is 6.92 Å². The van der Waals surface area contributed by atoms with Crippen LogP contribution < -0.4 is 0 Å². The van der Waals surface area contributed by atoms with Crippen LogP contribution in [0.4, 0.5) is 0 Å². The van der Waals surface area contributed by atoms with Crippen molar-refractivity contribution in [1.29, 1.82) is 0 Å². The number of allylic oxidation sites excluding steroid dienone is 1. The molecule has 1 aliphatic heterocycles. The van der Waals surface area contributed by atoms with Crippen LogP contribution in [0.1, 0.15) is 6.92 Å². The fraction of sp³-hybridized carbons (Fsp3) is 0.250. The van der Waals surface area contributed by atoms with Crippen molar-refractivity contribution in [3.8, 4) is 0 Å². The Balaban J connectivity index is 3.06. The van der Waals surface area contributed by atoms with E-state index in [4.69, 9.17) is 0 Å². The number of hydrogen-bond donors (Lipinski definition) is 0. The van der Waals surface area contributed by atoms with Crippen LogP contribution in [0.25, 0.3) is 0 Å². The van der Waals surface area contributed by atoms with Gasteiger partial charge in [0, 0.05) is 0 Å². The molecule has 0 N–H and O–H groups in total. The van der Waals surface area contributed by atoms with Crippen LogP contribution >= 0.6 is 0 Å². The quantitative estimate of drug-likeness (QED) is 0.490. The Morgan fingerprint density at radius 1 is 1.44 bits per heavy atom. The highest BCUT2D eigenvalue weighted by atomic mass is 16.3. The highest BCUT2D eigenvalue weighted by molar-refractivity contribution is 5.95. The van der Waals surface area contributed by atoms with Gasteiger partial charge in [-0.2, -0.15) is 0 Å². The van der Waals surface area contributed by atoms with Crippen LogP contribution in [0, 0.1) is 4.91 Å². The van der Waals surface area contributed by atoms with Crippen LogP contribution in [-0.4, -0.2) is 5.91 Å². The molecule has 1 amide bonds. The Bertz CT molecular complexity index is 228. The third-order valence-electron chi connectivity index (χ3n) is 0.927. The van der Waals surface area contributed by atoms with Crippen LogP contribution in [0.2, 0.25) is 0 Å². The number of carbonyl (C=O) groups is 1. The number of nitroso groups, excluding NO2 is 1. The highest BCUT2D eigenvalue weighted by Gasteiger charge is 2.18. The van der Waals surface area contributed by atoms with Crippen molar-refractivity contribution in [2.24, 2.45) is 15.4 Å². The van der Waals surface area contributed by atoms with Crippen molar-refractivity contribution < 1.29 is 4.79 Å². The number of hydrogen-bond acceptors (Lipinski definition) is 4. The fourth-order valence-electron chi connectivity index (χ4n) is 0.475. The van der Waals surface area contributed by atoms with Gasteiger partial charge in [-0.05, 0) is 12.1 Å². The summed E-state index contributed by atoms with van der Waals surface area (Å²) in [6, 6.07) is 0. The van der Waals surface area contributed by atoms with E-state index in [1.165, 1.54) is 6.92 Å². The summed E-state index contributed by atoms with van der Waals surface area (Å²) in [6.07, 6.45) is 0. The maximum absolute atomic E-state index is 10.4. The van der Waals surface area contributed by atoms with Gasteiger partial charge in [0.2, 0.25) is 0 Å². The first kappa shape index (κ1) is 5.74. The molecule has 0 aliphatic carbocycles. The number of rotatable bonds is 1. The second kappa shape index (κ2) is 1.85. The number of carbonyl (C=O) groups excluding carboxylic acids is 1. The van der Waals surface area contributed by atoms with E-state index in [-0.39, 0.29) is 11.4 Å². The molecule has 1 heterocycles. The molecule has 5 nitrogen and oxygen atoms in total. The van der Waals surface area contributed by atoms with Gasteiger partial charge >= 0.3 is 5.91 Å². The Hall–Kier alpha value is -1.39. The summed E-state index contributed by atoms with van der Waals surface area (Å²) in [4.78, 5) is 20.2. The molecule has 1 rings (SSSR count). The summed E-state index contributed by atoms with van der Waals surface area (Å²) < 4.78 is 0. The molecule has 0 atom stereocenters. The molecule has 0 bridgehead atoms. The Labute approximate surface area is 50.4 Å². The second-order valence-corrected chi connectivity index (χ2v) is 1.53. The predicted octanol–water partition coefficient (Wildman–Crippen LogP) is 0.977. The Morgan fingerprint density at radius 3 is 2.33 bits per heavy atom. The molecule has 9 heavy (non-hydrogen) atoms. The van der Waals surface area contributed by atoms with Gasteiger partial charge in [-0.1, -0.05) is 0 Å². The van der Waals surface area contributed by atoms with Crippen molar-refractivity contribution in [2.75, 3.05) is 0 Å². The molecule has 0 spiro atoms. The van der Waals surface area contributed by atoms with Crippen LogP contribution in [0.15, 0.2) is 26.8 Å². The summed E-state index contributed by atoms with van der Waals surface area (Å²) >= 11 is 0. The van der Waals surface area contributed by atoms with E-state index >= 15 is 0 Å². The molecule has 0 saturated heterocycles. The Morgan fingerprint density at radius 2 is 2.11 bits per heavy atom. The van der Waals surface area contributed by atoms with Gasteiger partial charge in [-0.3, -0.25) is 4.79 Å². The normalized spacial score (nSPS) is 17.2. The average Bonchev–Trinajstić information content (AvgIpc) is 2.12. The molecule has 0 unspecified atom stereocenters. The molecule has 0 aromatic rings. The van der Waals surface area contributed by atoms with E-state index in [0.29, 0.717) is 0 Å². The second-order valence-electron chi connectivity index (χ2n) is 1.53. The van der Waals surface area contributed by atoms with Crippen molar-refractivity contribution in [3.05, 3.63) is 16.3 Å². The van der Waals surface area contributed by atoms with Crippen molar-refractivity contribution in [3.63, 3.8) is 0 Å². The van der Waals surface area contributed by atoms with Crippen LogP contribution in [0.5, 0.6) is 0 Å². The smallest absolute Gasteiger partial charge is 0.263 e. The molecule has 5 heteroatoms. The first-order valence-electron chi connectivity index (χ1n) is 2.26. The minimum Gasteiger partial charge on any atom is -0.263 e. The van der Waals surface area contributed by atoms with E-state index in [9.17, 15) is 9.70 Å². The van der Waals surface area contributed by atoms with Crippen molar-refractivity contribution >= 4 is 5.91 Å². The molecule has 1 aliphatic rings. The first-order valence-corrected chi connectivity index (χ1v) is 2.26. The molecule has 46 valence electrons. The van der Waals surface area contributed by atoms with E-state index in [0.717, 1.165) is 0 Å². The standard InChI is InChI=1S/C4H3N3O2/c1-2-3(7-9)4(8)6-5-2/h1H3. The maximum atomic E-state index is 10.4. The van der Waals surface area contributed by atoms with Crippen LogP contribution in [-0.2, 0) is 4.79 Å². The predicted molar refractivity (Wildman–Crippen MR) is 28.4 cm³/mol. The monoisotopic (exact) mass is 125 g/mol. The summed E-state index contributed by atoms with van der Waals surface area (Å²) in [5.41, 5.74) is 0.102. The number of amides is 1. The third-order valence-corrected chi connectivity index (χ3v) is 0.927. The van der Waals surface area contributed by atoms with Gasteiger partial charge < -0.3 is 0 Å². The average molecular weight is 125 g/mol. The molecule has 0 fully saturated rings. The lowest BCUT2D eigenvalue weighted by atomic mass is 10.4. The lowest BCUT2D eigenvalue weighted by Crippen LogP contribution is -1.89. The van der Waals surface area contributed by atoms with Crippen molar-refractivity contribution in [1.82, 2.24) is 0 Å². The molecular weight excluding hydrogens is 122 g/mol. The SMILES string of the molecule is CC1=C(N=O)C(=O)N=N1. The molecule has 0 aromatic carbocycles. The lowest BCUT2D eigenvalue weighted by Gasteiger charge is -1.79. The summed E-state index contributed by atoms with van der Waals surface area (Å²) in [6.45, 7) is 1.51. The van der Waals surface area contributed by atoms with Crippen LogP contribution in [0.3, 0.4) is 0 Å². The summed E-state index contributed by atoms with van der Waals surface area (Å²) in [7, 11) is 0. The molecule has 0 saturated carbocycles. The van der Waals surface area contributed by atoms with E-state index in [2.05, 4.69) is 15.4 Å². The fourth-order valence-corrected chi connectivity index (χ4v) is 0.475. The third kappa shape index (κ3) is 0.758. The van der Waals surface area contributed by atoms with E-state index in [1.54, 1.807) is 0 Å². The van der Waals surface area contributed by atoms with E-state index in [1.807, 2.05) is 0 Å². The summed E-state index contributed by atoms with van der Waals surface area (Å²) in [5.74, 6) is -0.650. The highest BCUT2D eigenvalue weighted by Crippen LogP contribution is 2.15. The topological polar surface area (TPSA) is 71.2 Å². The maximum Gasteiger partial charge on any atom is 0.319 e. The number of nitrogens with zero attached hydrogens (tertiary/aromatic N) is 3. The zero-order chi connectivity index (χ0) is 6.85. The largest absolute Gasteiger partial charge is 0.319 e. The minimum absolute atomic E-state index is 0.185. The molecular formula is C4H3N3O2. The zero-order valence-electron chi connectivity index (χ0n) is 4.66. The summed E-state index contributed by atoms with van der Waals surface area (Å²) in [5, 5.41) is 8.86. The number of azo groups is 1. The van der Waals surface area contributed by atoms with Gasteiger partial charge in [0.1, 0.15) is 0 Å².